The smallest absolute Gasteiger partial charge is 0.221 e. The number of carbonyl (C=O) groups is 1. The van der Waals surface area contributed by atoms with Crippen molar-refractivity contribution in [3.05, 3.63) is 59.2 Å². The number of nitrogens with zero attached hydrogens (tertiary/aromatic N) is 2. The van der Waals surface area contributed by atoms with Crippen LogP contribution in [0, 0.1) is 0 Å². The van der Waals surface area contributed by atoms with Crippen LogP contribution in [0.3, 0.4) is 0 Å². The van der Waals surface area contributed by atoms with Gasteiger partial charge in [-0.1, -0.05) is 13.0 Å². The Morgan fingerprint density at radius 2 is 2.00 bits per heavy atom. The third-order valence-corrected chi connectivity index (χ3v) is 6.21. The van der Waals surface area contributed by atoms with E-state index in [1.54, 1.807) is 23.0 Å². The fourth-order valence-corrected chi connectivity index (χ4v) is 4.74. The molecular weight excluding hydrogens is 416 g/mol. The molecule has 3 N–H and O–H groups in total. The van der Waals surface area contributed by atoms with Gasteiger partial charge in [-0.3, -0.25) is 4.79 Å². The van der Waals surface area contributed by atoms with Crippen molar-refractivity contribution in [1.82, 2.24) is 0 Å². The summed E-state index contributed by atoms with van der Waals surface area (Å²) in [5.41, 5.74) is 10.9. The summed E-state index contributed by atoms with van der Waals surface area (Å²) in [5.74, 6) is 0.618. The van der Waals surface area contributed by atoms with Gasteiger partial charge >= 0.3 is 0 Å². The molecule has 1 amide bonds. The fraction of sp³-hybridized carbons (Fsp3) is 0.273. The number of rotatable bonds is 9. The summed E-state index contributed by atoms with van der Waals surface area (Å²) in [6, 6.07) is 14.0. The van der Waals surface area contributed by atoms with Gasteiger partial charge in [0.25, 0.3) is 0 Å². The number of nitrogens with two attached hydrogens (primary N) is 1. The second-order valence-electron chi connectivity index (χ2n) is 6.90. The molecule has 1 aliphatic carbocycles. The number of thioether (sulfide) groups is 1. The molecule has 0 aromatic heterocycles. The van der Waals surface area contributed by atoms with Gasteiger partial charge in [-0.05, 0) is 66.1 Å². The Morgan fingerprint density at radius 1 is 1.27 bits per heavy atom. The molecule has 1 atom stereocenters. The molecular formula is C22H26N4O2S2. The number of amides is 1. The molecule has 6 nitrogen and oxygen atoms in total. The van der Waals surface area contributed by atoms with Gasteiger partial charge in [0.2, 0.25) is 5.91 Å². The summed E-state index contributed by atoms with van der Waals surface area (Å²) >= 11 is 1.77. The van der Waals surface area contributed by atoms with E-state index in [0.29, 0.717) is 6.42 Å². The van der Waals surface area contributed by atoms with E-state index in [1.165, 1.54) is 4.90 Å². The quantitative estimate of drug-likeness (QED) is 0.347. The van der Waals surface area contributed by atoms with Crippen molar-refractivity contribution in [2.24, 2.45) is 10.8 Å². The van der Waals surface area contributed by atoms with E-state index >= 15 is 0 Å². The van der Waals surface area contributed by atoms with Crippen molar-refractivity contribution < 1.29 is 9.00 Å². The van der Waals surface area contributed by atoms with Crippen LogP contribution in [-0.2, 0) is 22.2 Å². The van der Waals surface area contributed by atoms with Crippen molar-refractivity contribution >= 4 is 52.4 Å². The first-order valence-electron chi connectivity index (χ1n) is 9.66. The molecule has 1 aliphatic rings. The Bertz CT molecular complexity index is 1000. The Labute approximate surface area is 184 Å². The van der Waals surface area contributed by atoms with Gasteiger partial charge in [0.1, 0.15) is 11.0 Å². The molecule has 0 saturated heterocycles. The van der Waals surface area contributed by atoms with Gasteiger partial charge in [-0.15, -0.1) is 11.8 Å². The molecule has 0 radical (unpaired) electrons. The third kappa shape index (κ3) is 5.12. The first-order chi connectivity index (χ1) is 14.4. The minimum Gasteiger partial charge on any atom is -0.369 e. The normalized spacial score (nSPS) is 14.1. The van der Waals surface area contributed by atoms with Crippen molar-refractivity contribution in [2.75, 3.05) is 21.7 Å². The average Bonchev–Trinajstić information content (AvgIpc) is 2.70. The lowest BCUT2D eigenvalue weighted by Gasteiger charge is -2.30. The summed E-state index contributed by atoms with van der Waals surface area (Å²) in [4.78, 5) is 12.9. The van der Waals surface area contributed by atoms with E-state index in [-0.39, 0.29) is 12.3 Å². The van der Waals surface area contributed by atoms with Gasteiger partial charge in [-0.2, -0.15) is 5.10 Å². The number of fused-ring (bicyclic) bond motifs is 1. The minimum atomic E-state index is -1.19. The molecule has 30 heavy (non-hydrogen) atoms. The van der Waals surface area contributed by atoms with Crippen molar-refractivity contribution in [1.29, 1.82) is 0 Å². The van der Waals surface area contributed by atoms with Crippen LogP contribution in [0.15, 0.2) is 58.0 Å². The maximum atomic E-state index is 11.8. The van der Waals surface area contributed by atoms with Crippen LogP contribution in [0.1, 0.15) is 30.9 Å². The molecule has 8 heteroatoms. The molecule has 2 aromatic rings. The summed E-state index contributed by atoms with van der Waals surface area (Å²) < 4.78 is 14.6. The number of primary amides is 1. The molecule has 2 aromatic carbocycles. The molecule has 0 bridgehead atoms. The van der Waals surface area contributed by atoms with Crippen LogP contribution in [0.4, 0.5) is 11.4 Å². The van der Waals surface area contributed by atoms with Gasteiger partial charge in [0.05, 0.1) is 11.4 Å². The number of hydrazone groups is 1. The summed E-state index contributed by atoms with van der Waals surface area (Å²) in [7, 11) is -1.19. The number of hydrogen-bond acceptors (Lipinski definition) is 5. The lowest BCUT2D eigenvalue weighted by molar-refractivity contribution is -0.117. The van der Waals surface area contributed by atoms with Crippen LogP contribution in [0.5, 0.6) is 0 Å². The lowest BCUT2D eigenvalue weighted by Crippen LogP contribution is -2.23. The summed E-state index contributed by atoms with van der Waals surface area (Å²) in [6.45, 7) is 5.90. The van der Waals surface area contributed by atoms with Gasteiger partial charge in [0.15, 0.2) is 0 Å². The van der Waals surface area contributed by atoms with Crippen LogP contribution < -0.4 is 15.5 Å². The summed E-state index contributed by atoms with van der Waals surface area (Å²) in [5, 5.41) is 6.06. The lowest BCUT2D eigenvalue weighted by atomic mass is 9.87. The minimum absolute atomic E-state index is 0.155. The van der Waals surface area contributed by atoms with Crippen molar-refractivity contribution in [3.8, 4) is 0 Å². The second-order valence-corrected chi connectivity index (χ2v) is 9.35. The predicted octanol–water partition coefficient (Wildman–Crippen LogP) is 4.16. The molecule has 0 aliphatic heterocycles. The number of hydrogen-bond donors (Lipinski definition) is 2. The molecule has 158 valence electrons. The average molecular weight is 443 g/mol. The largest absolute Gasteiger partial charge is 0.369 e. The highest BCUT2D eigenvalue weighted by atomic mass is 32.2. The molecule has 0 spiro atoms. The maximum Gasteiger partial charge on any atom is 0.221 e. The highest BCUT2D eigenvalue weighted by Gasteiger charge is 2.26. The van der Waals surface area contributed by atoms with Gasteiger partial charge in [0, 0.05) is 35.5 Å². The topological polar surface area (TPSA) is 87.8 Å². The van der Waals surface area contributed by atoms with E-state index in [9.17, 15) is 9.00 Å². The second kappa shape index (κ2) is 9.95. The third-order valence-electron chi connectivity index (χ3n) is 4.79. The Kier molecular flexibility index (Phi) is 7.33. The molecule has 0 heterocycles. The Hall–Kier alpha value is -2.58. The predicted molar refractivity (Wildman–Crippen MR) is 128 cm³/mol. The van der Waals surface area contributed by atoms with Crippen LogP contribution in [0.25, 0.3) is 5.70 Å². The standard InChI is InChI=1S/C22H26N4O2S2/c1-4-29-19-11-9-18(10-12-19)26(24-2)22-16(13-21(23)27)6-5-15-7-8-17(14-20(15)22)25-30(3)28/h7-12,14,25H,2,4-6,13H2,1,3H3,(H2,23,27). The summed E-state index contributed by atoms with van der Waals surface area (Å²) in [6.07, 6.45) is 3.26. The van der Waals surface area contributed by atoms with E-state index in [4.69, 9.17) is 5.73 Å². The first kappa shape index (κ1) is 22.1. The number of nitrogens with one attached hydrogen (secondary N) is 1. The highest BCUT2D eigenvalue weighted by Crippen LogP contribution is 2.39. The Balaban J connectivity index is 2.12. The van der Waals surface area contributed by atoms with Gasteiger partial charge in [-0.25, -0.2) is 9.22 Å². The maximum absolute atomic E-state index is 11.8. The zero-order chi connectivity index (χ0) is 21.7. The van der Waals surface area contributed by atoms with E-state index in [2.05, 4.69) is 35.6 Å². The fourth-order valence-electron chi connectivity index (χ4n) is 3.62. The van der Waals surface area contributed by atoms with Crippen LogP contribution in [-0.4, -0.2) is 28.8 Å². The number of aryl methyl sites for hydroxylation is 1. The number of anilines is 2. The van der Waals surface area contributed by atoms with E-state index in [1.807, 2.05) is 30.3 Å². The highest BCUT2D eigenvalue weighted by molar-refractivity contribution is 7.99. The molecule has 3 rings (SSSR count). The van der Waals surface area contributed by atoms with Crippen molar-refractivity contribution in [3.63, 3.8) is 0 Å². The van der Waals surface area contributed by atoms with E-state index < -0.39 is 11.0 Å². The van der Waals surface area contributed by atoms with E-state index in [0.717, 1.165) is 45.9 Å². The molecule has 1 unspecified atom stereocenters. The molecule has 0 saturated carbocycles. The monoisotopic (exact) mass is 442 g/mol. The van der Waals surface area contributed by atoms with Crippen LogP contribution in [0.2, 0.25) is 0 Å². The van der Waals surface area contributed by atoms with Crippen molar-refractivity contribution in [2.45, 2.75) is 31.1 Å². The first-order valence-corrected chi connectivity index (χ1v) is 12.2. The van der Waals surface area contributed by atoms with Gasteiger partial charge < -0.3 is 10.5 Å². The SMILES string of the molecule is C=NN(C1=C(CC(N)=O)CCc2ccc(NS(C)=O)cc21)c1ccc(SCC)cc1. The molecule has 0 fully saturated rings. The number of benzene rings is 2. The zero-order valence-corrected chi connectivity index (χ0v) is 18.8. The van der Waals surface area contributed by atoms with Crippen LogP contribution >= 0.6 is 11.8 Å². The zero-order valence-electron chi connectivity index (χ0n) is 17.2. The number of carbonyl (C=O) groups excluding carboxylic acids is 1. The Morgan fingerprint density at radius 3 is 2.60 bits per heavy atom.